The molecule has 0 aromatic carbocycles. The van der Waals surface area contributed by atoms with Gasteiger partial charge in [-0.15, -0.1) is 0 Å². The largest absolute Gasteiger partial charge is 0.467 e. The molecule has 0 aromatic heterocycles. The van der Waals surface area contributed by atoms with E-state index in [0.29, 0.717) is 5.75 Å². The lowest BCUT2D eigenvalue weighted by Gasteiger charge is -2.33. The van der Waals surface area contributed by atoms with Gasteiger partial charge in [-0.05, 0) is 11.7 Å². The highest BCUT2D eigenvalue weighted by atomic mass is 32.2. The van der Waals surface area contributed by atoms with E-state index in [1.54, 1.807) is 20.8 Å². The predicted molar refractivity (Wildman–Crippen MR) is 64.1 cm³/mol. The van der Waals surface area contributed by atoms with Crippen LogP contribution in [0.15, 0.2) is 0 Å². The van der Waals surface area contributed by atoms with Crippen LogP contribution >= 0.6 is 11.8 Å². The van der Waals surface area contributed by atoms with E-state index in [0.717, 1.165) is 11.8 Å². The first-order chi connectivity index (χ1) is 7.32. The van der Waals surface area contributed by atoms with Gasteiger partial charge in [0.2, 0.25) is 0 Å². The predicted octanol–water partition coefficient (Wildman–Crippen LogP) is 1.46. The normalized spacial score (nSPS) is 16.7. The molecule has 0 saturated carbocycles. The number of hydrogen-bond acceptors (Lipinski definition) is 5. The van der Waals surface area contributed by atoms with E-state index >= 15 is 0 Å². The molecule has 0 bridgehead atoms. The minimum absolute atomic E-state index is 0.191. The maximum Gasteiger partial charge on any atom is 0.338 e. The third kappa shape index (κ3) is 2.98. The molecule has 0 aliphatic heterocycles. The van der Waals surface area contributed by atoms with Crippen molar-refractivity contribution >= 4 is 22.8 Å². The Hall–Kier alpha value is -0.550. The zero-order chi connectivity index (χ0) is 12.9. The van der Waals surface area contributed by atoms with Crippen molar-refractivity contribution in [3.63, 3.8) is 0 Å². The molecule has 16 heavy (non-hydrogen) atoms. The summed E-state index contributed by atoms with van der Waals surface area (Å²) in [5.74, 6) is -1.28. The third-order valence-electron chi connectivity index (χ3n) is 2.69. The molecule has 4 nitrogen and oxygen atoms in total. The van der Waals surface area contributed by atoms with Crippen molar-refractivity contribution < 1.29 is 19.4 Å². The Kier molecular flexibility index (Phi) is 6.04. The fourth-order valence-electron chi connectivity index (χ4n) is 1.52. The van der Waals surface area contributed by atoms with E-state index in [1.807, 2.05) is 6.92 Å². The Bertz CT molecular complexity index is 265. The topological polar surface area (TPSA) is 63.6 Å². The Morgan fingerprint density at radius 1 is 1.38 bits per heavy atom. The van der Waals surface area contributed by atoms with Crippen LogP contribution in [-0.2, 0) is 14.3 Å². The second-order valence-corrected chi connectivity index (χ2v) is 5.21. The molecule has 0 heterocycles. The van der Waals surface area contributed by atoms with Gasteiger partial charge in [0.25, 0.3) is 0 Å². The molecule has 0 aliphatic rings. The van der Waals surface area contributed by atoms with Crippen LogP contribution in [0.5, 0.6) is 0 Å². The van der Waals surface area contributed by atoms with Gasteiger partial charge in [0.15, 0.2) is 10.7 Å². The molecule has 0 radical (unpaired) electrons. The standard InChI is InChI=1S/C11H20O4S/c1-6-16-9(12)8(4)11(14,7(2)3)10(13)15-5/h7-8,14H,6H2,1-5H3/t8-,11-/m1/s1. The summed E-state index contributed by atoms with van der Waals surface area (Å²) in [5.41, 5.74) is -1.74. The van der Waals surface area contributed by atoms with E-state index in [4.69, 9.17) is 0 Å². The minimum Gasteiger partial charge on any atom is -0.467 e. The molecule has 0 unspecified atom stereocenters. The van der Waals surface area contributed by atoms with Crippen LogP contribution in [-0.4, -0.2) is 34.7 Å². The molecule has 0 aliphatic carbocycles. The van der Waals surface area contributed by atoms with Gasteiger partial charge >= 0.3 is 5.97 Å². The van der Waals surface area contributed by atoms with Crippen molar-refractivity contribution in [2.75, 3.05) is 12.9 Å². The van der Waals surface area contributed by atoms with Crippen LogP contribution in [0.3, 0.4) is 0 Å². The summed E-state index contributed by atoms with van der Waals surface area (Å²) in [6.45, 7) is 6.79. The van der Waals surface area contributed by atoms with Crippen molar-refractivity contribution in [1.82, 2.24) is 0 Å². The Morgan fingerprint density at radius 3 is 2.19 bits per heavy atom. The molecule has 0 rings (SSSR count). The number of ether oxygens (including phenoxy) is 1. The Balaban J connectivity index is 5.05. The van der Waals surface area contributed by atoms with Crippen molar-refractivity contribution in [3.05, 3.63) is 0 Å². The summed E-state index contributed by atoms with van der Waals surface area (Å²) >= 11 is 1.10. The van der Waals surface area contributed by atoms with E-state index < -0.39 is 17.5 Å². The zero-order valence-corrected chi connectivity index (χ0v) is 11.3. The summed E-state index contributed by atoms with van der Waals surface area (Å²) in [7, 11) is 1.21. The highest BCUT2D eigenvalue weighted by molar-refractivity contribution is 8.13. The molecule has 2 atom stereocenters. The molecular formula is C11H20O4S. The average Bonchev–Trinajstić information content (AvgIpc) is 2.25. The number of aliphatic hydroxyl groups is 1. The number of esters is 1. The highest BCUT2D eigenvalue weighted by Crippen LogP contribution is 2.31. The molecule has 0 fully saturated rings. The van der Waals surface area contributed by atoms with Gasteiger partial charge in [-0.25, -0.2) is 4.79 Å². The fourth-order valence-corrected chi connectivity index (χ4v) is 2.24. The summed E-state index contributed by atoms with van der Waals surface area (Å²) in [5, 5.41) is 10.1. The first-order valence-electron chi connectivity index (χ1n) is 5.29. The first-order valence-corrected chi connectivity index (χ1v) is 6.28. The van der Waals surface area contributed by atoms with E-state index in [-0.39, 0.29) is 11.0 Å². The summed E-state index contributed by atoms with van der Waals surface area (Å²) < 4.78 is 4.58. The Labute approximate surface area is 101 Å². The highest BCUT2D eigenvalue weighted by Gasteiger charge is 2.48. The lowest BCUT2D eigenvalue weighted by atomic mass is 9.80. The van der Waals surface area contributed by atoms with Gasteiger partial charge in [0, 0.05) is 0 Å². The van der Waals surface area contributed by atoms with Crippen molar-refractivity contribution in [2.24, 2.45) is 11.8 Å². The molecule has 0 aromatic rings. The second-order valence-electron chi connectivity index (χ2n) is 3.95. The van der Waals surface area contributed by atoms with Gasteiger partial charge in [-0.1, -0.05) is 39.5 Å². The quantitative estimate of drug-likeness (QED) is 0.746. The molecule has 0 amide bonds. The molecular weight excluding hydrogens is 228 g/mol. The molecule has 1 N–H and O–H groups in total. The summed E-state index contributed by atoms with van der Waals surface area (Å²) in [6, 6.07) is 0. The van der Waals surface area contributed by atoms with Gasteiger partial charge in [-0.3, -0.25) is 4.79 Å². The number of rotatable bonds is 5. The maximum absolute atomic E-state index is 11.7. The smallest absolute Gasteiger partial charge is 0.338 e. The van der Waals surface area contributed by atoms with Gasteiger partial charge in [0.1, 0.15) is 0 Å². The van der Waals surface area contributed by atoms with Crippen molar-refractivity contribution in [2.45, 2.75) is 33.3 Å². The Morgan fingerprint density at radius 2 is 1.88 bits per heavy atom. The van der Waals surface area contributed by atoms with Crippen molar-refractivity contribution in [3.8, 4) is 0 Å². The average molecular weight is 248 g/mol. The second kappa shape index (κ2) is 6.25. The van der Waals surface area contributed by atoms with Crippen molar-refractivity contribution in [1.29, 1.82) is 0 Å². The lowest BCUT2D eigenvalue weighted by Crippen LogP contribution is -2.52. The fraction of sp³-hybridized carbons (Fsp3) is 0.818. The van der Waals surface area contributed by atoms with Crippen LogP contribution in [0, 0.1) is 11.8 Å². The SMILES string of the molecule is CCSC(=O)[C@@H](C)[C@@](O)(C(=O)OC)C(C)C. The van der Waals surface area contributed by atoms with E-state index in [1.165, 1.54) is 7.11 Å². The number of thioether (sulfide) groups is 1. The lowest BCUT2D eigenvalue weighted by molar-refractivity contribution is -0.175. The van der Waals surface area contributed by atoms with E-state index in [9.17, 15) is 14.7 Å². The summed E-state index contributed by atoms with van der Waals surface area (Å²) in [4.78, 5) is 23.3. The van der Waals surface area contributed by atoms with Crippen LogP contribution < -0.4 is 0 Å². The number of carbonyl (C=O) groups excluding carboxylic acids is 2. The van der Waals surface area contributed by atoms with Crippen LogP contribution in [0.2, 0.25) is 0 Å². The minimum atomic E-state index is -1.74. The van der Waals surface area contributed by atoms with Crippen LogP contribution in [0.1, 0.15) is 27.7 Å². The van der Waals surface area contributed by atoms with Gasteiger partial charge < -0.3 is 9.84 Å². The maximum atomic E-state index is 11.7. The summed E-state index contributed by atoms with van der Waals surface area (Å²) in [6.07, 6.45) is 0. The van der Waals surface area contributed by atoms with Crippen LogP contribution in [0.4, 0.5) is 0 Å². The third-order valence-corrected chi connectivity index (χ3v) is 3.62. The first kappa shape index (κ1) is 15.4. The molecule has 0 spiro atoms. The monoisotopic (exact) mass is 248 g/mol. The van der Waals surface area contributed by atoms with Crippen LogP contribution in [0.25, 0.3) is 0 Å². The molecule has 94 valence electrons. The van der Waals surface area contributed by atoms with Gasteiger partial charge in [0.05, 0.1) is 13.0 Å². The van der Waals surface area contributed by atoms with Gasteiger partial charge in [-0.2, -0.15) is 0 Å². The number of carbonyl (C=O) groups is 2. The van der Waals surface area contributed by atoms with E-state index in [2.05, 4.69) is 4.74 Å². The molecule has 5 heteroatoms. The molecule has 0 saturated heterocycles. The number of hydrogen-bond donors (Lipinski definition) is 1. The number of methoxy groups -OCH3 is 1. The zero-order valence-electron chi connectivity index (χ0n) is 10.4.